The standard InChI is InChI=1S/C13H10ClN3O3/c1-7-4-8(2-3-9(7)13(19)20)16-12(18)10-5-15-6-11(14)17-10/h2-6H,1H3,(H,16,18)(H,19,20). The molecule has 0 fully saturated rings. The number of amides is 1. The third kappa shape index (κ3) is 3.10. The van der Waals surface area contributed by atoms with Crippen molar-refractivity contribution in [2.45, 2.75) is 6.92 Å². The number of carbonyl (C=O) groups is 2. The molecule has 1 heterocycles. The van der Waals surface area contributed by atoms with Crippen LogP contribution >= 0.6 is 11.6 Å². The van der Waals surface area contributed by atoms with Crippen molar-refractivity contribution in [1.29, 1.82) is 0 Å². The normalized spacial score (nSPS) is 10.1. The van der Waals surface area contributed by atoms with Gasteiger partial charge in [0.15, 0.2) is 0 Å². The van der Waals surface area contributed by atoms with Crippen molar-refractivity contribution < 1.29 is 14.7 Å². The zero-order valence-corrected chi connectivity index (χ0v) is 11.2. The molecule has 2 aromatic rings. The number of aromatic carboxylic acids is 1. The van der Waals surface area contributed by atoms with E-state index in [1.54, 1.807) is 13.0 Å². The Bertz CT molecular complexity index is 688. The van der Waals surface area contributed by atoms with Crippen molar-refractivity contribution >= 4 is 29.2 Å². The first kappa shape index (κ1) is 14.0. The number of aryl methyl sites for hydroxylation is 1. The summed E-state index contributed by atoms with van der Waals surface area (Å²) < 4.78 is 0. The fraction of sp³-hybridized carbons (Fsp3) is 0.0769. The lowest BCUT2D eigenvalue weighted by atomic mass is 10.1. The summed E-state index contributed by atoms with van der Waals surface area (Å²) in [6.45, 7) is 1.65. The van der Waals surface area contributed by atoms with E-state index in [0.29, 0.717) is 11.3 Å². The van der Waals surface area contributed by atoms with Crippen LogP contribution in [0.15, 0.2) is 30.6 Å². The van der Waals surface area contributed by atoms with Gasteiger partial charge in [0.25, 0.3) is 5.91 Å². The smallest absolute Gasteiger partial charge is 0.335 e. The molecule has 6 nitrogen and oxygen atoms in total. The fourth-order valence-electron chi connectivity index (χ4n) is 1.63. The van der Waals surface area contributed by atoms with Crippen molar-refractivity contribution in [3.05, 3.63) is 52.6 Å². The summed E-state index contributed by atoms with van der Waals surface area (Å²) >= 11 is 5.65. The average molecular weight is 292 g/mol. The van der Waals surface area contributed by atoms with E-state index in [0.717, 1.165) is 0 Å². The molecule has 102 valence electrons. The van der Waals surface area contributed by atoms with Crippen LogP contribution in [0.2, 0.25) is 5.15 Å². The molecule has 0 aliphatic carbocycles. The Balaban J connectivity index is 2.20. The molecule has 1 aromatic heterocycles. The van der Waals surface area contributed by atoms with Crippen LogP contribution in [-0.4, -0.2) is 27.0 Å². The first-order valence-corrected chi connectivity index (χ1v) is 5.98. The van der Waals surface area contributed by atoms with Gasteiger partial charge in [0.05, 0.1) is 18.0 Å². The van der Waals surface area contributed by atoms with E-state index >= 15 is 0 Å². The molecule has 2 rings (SSSR count). The number of hydrogen-bond donors (Lipinski definition) is 2. The minimum absolute atomic E-state index is 0.0810. The van der Waals surface area contributed by atoms with Gasteiger partial charge in [0.1, 0.15) is 10.8 Å². The number of carboxylic acids is 1. The number of hydrogen-bond acceptors (Lipinski definition) is 4. The Hall–Kier alpha value is -2.47. The molecule has 0 aliphatic heterocycles. The molecule has 7 heteroatoms. The number of benzene rings is 1. The molecule has 0 bridgehead atoms. The molecule has 0 unspecified atom stereocenters. The lowest BCUT2D eigenvalue weighted by Gasteiger charge is -2.07. The highest BCUT2D eigenvalue weighted by molar-refractivity contribution is 6.29. The van der Waals surface area contributed by atoms with E-state index < -0.39 is 11.9 Å². The average Bonchev–Trinajstić information content (AvgIpc) is 2.38. The molecule has 1 aromatic carbocycles. The summed E-state index contributed by atoms with van der Waals surface area (Å²) in [5, 5.41) is 11.6. The maximum Gasteiger partial charge on any atom is 0.335 e. The van der Waals surface area contributed by atoms with Crippen molar-refractivity contribution in [3.8, 4) is 0 Å². The molecular formula is C13H10ClN3O3. The number of nitrogens with one attached hydrogen (secondary N) is 1. The molecule has 1 amide bonds. The van der Waals surface area contributed by atoms with Gasteiger partial charge in [-0.1, -0.05) is 11.6 Å². The second-order valence-corrected chi connectivity index (χ2v) is 4.40. The number of rotatable bonds is 3. The molecule has 0 atom stereocenters. The Morgan fingerprint density at radius 2 is 2.05 bits per heavy atom. The van der Waals surface area contributed by atoms with Crippen LogP contribution in [0.3, 0.4) is 0 Å². The molecule has 0 spiro atoms. The van der Waals surface area contributed by atoms with Crippen molar-refractivity contribution in [3.63, 3.8) is 0 Å². The van der Waals surface area contributed by atoms with Crippen molar-refractivity contribution in [1.82, 2.24) is 9.97 Å². The van der Waals surface area contributed by atoms with E-state index in [-0.39, 0.29) is 16.4 Å². The lowest BCUT2D eigenvalue weighted by Crippen LogP contribution is -2.14. The Labute approximate surface area is 119 Å². The van der Waals surface area contributed by atoms with Crippen LogP contribution in [-0.2, 0) is 0 Å². The summed E-state index contributed by atoms with van der Waals surface area (Å²) in [5.74, 6) is -1.48. The van der Waals surface area contributed by atoms with Gasteiger partial charge in [-0.15, -0.1) is 0 Å². The second kappa shape index (κ2) is 5.66. The Kier molecular flexibility index (Phi) is 3.95. The zero-order chi connectivity index (χ0) is 14.7. The Morgan fingerprint density at radius 1 is 1.30 bits per heavy atom. The highest BCUT2D eigenvalue weighted by Gasteiger charge is 2.11. The summed E-state index contributed by atoms with van der Waals surface area (Å²) in [5.41, 5.74) is 1.29. The molecule has 0 radical (unpaired) electrons. The SMILES string of the molecule is Cc1cc(NC(=O)c2cncc(Cl)n2)ccc1C(=O)O. The maximum atomic E-state index is 11.9. The van der Waals surface area contributed by atoms with E-state index in [9.17, 15) is 9.59 Å². The molecule has 20 heavy (non-hydrogen) atoms. The van der Waals surface area contributed by atoms with Gasteiger partial charge >= 0.3 is 5.97 Å². The third-order valence-electron chi connectivity index (χ3n) is 2.55. The minimum atomic E-state index is -1.01. The molecule has 2 N–H and O–H groups in total. The zero-order valence-electron chi connectivity index (χ0n) is 10.4. The van der Waals surface area contributed by atoms with Gasteiger partial charge in [-0.25, -0.2) is 9.78 Å². The van der Waals surface area contributed by atoms with Crippen molar-refractivity contribution in [2.24, 2.45) is 0 Å². The third-order valence-corrected chi connectivity index (χ3v) is 2.73. The van der Waals surface area contributed by atoms with Crippen LogP contribution in [0.25, 0.3) is 0 Å². The first-order valence-electron chi connectivity index (χ1n) is 5.60. The molecule has 0 aliphatic rings. The van der Waals surface area contributed by atoms with Gasteiger partial charge in [-0.2, -0.15) is 0 Å². The summed E-state index contributed by atoms with van der Waals surface area (Å²) in [4.78, 5) is 30.4. The van der Waals surface area contributed by atoms with Gasteiger partial charge in [-0.05, 0) is 30.7 Å². The number of anilines is 1. The number of carbonyl (C=O) groups excluding carboxylic acids is 1. The number of nitrogens with zero attached hydrogens (tertiary/aromatic N) is 2. The lowest BCUT2D eigenvalue weighted by molar-refractivity contribution is 0.0696. The van der Waals surface area contributed by atoms with E-state index in [1.165, 1.54) is 24.5 Å². The quantitative estimate of drug-likeness (QED) is 0.906. The largest absolute Gasteiger partial charge is 0.478 e. The van der Waals surface area contributed by atoms with Crippen LogP contribution < -0.4 is 5.32 Å². The van der Waals surface area contributed by atoms with Gasteiger partial charge in [0, 0.05) is 5.69 Å². The fourth-order valence-corrected chi connectivity index (χ4v) is 1.78. The predicted molar refractivity (Wildman–Crippen MR) is 73.1 cm³/mol. The summed E-state index contributed by atoms with van der Waals surface area (Å²) in [6.07, 6.45) is 2.61. The van der Waals surface area contributed by atoms with E-state index in [4.69, 9.17) is 16.7 Å². The summed E-state index contributed by atoms with van der Waals surface area (Å²) in [7, 11) is 0. The number of aromatic nitrogens is 2. The van der Waals surface area contributed by atoms with Crippen LogP contribution in [0.5, 0.6) is 0 Å². The highest BCUT2D eigenvalue weighted by atomic mass is 35.5. The topological polar surface area (TPSA) is 92.2 Å². The van der Waals surface area contributed by atoms with Gasteiger partial charge in [-0.3, -0.25) is 9.78 Å². The summed E-state index contributed by atoms with van der Waals surface area (Å²) in [6, 6.07) is 4.50. The van der Waals surface area contributed by atoms with Gasteiger partial charge in [0.2, 0.25) is 0 Å². The first-order chi connectivity index (χ1) is 9.47. The number of carboxylic acid groups (broad SMARTS) is 1. The molecule has 0 saturated carbocycles. The van der Waals surface area contributed by atoms with Crippen molar-refractivity contribution in [2.75, 3.05) is 5.32 Å². The second-order valence-electron chi connectivity index (χ2n) is 4.02. The molecule has 0 saturated heterocycles. The van der Waals surface area contributed by atoms with Crippen LogP contribution in [0, 0.1) is 6.92 Å². The molecular weight excluding hydrogens is 282 g/mol. The van der Waals surface area contributed by atoms with Crippen LogP contribution in [0.1, 0.15) is 26.4 Å². The maximum absolute atomic E-state index is 11.9. The van der Waals surface area contributed by atoms with E-state index in [2.05, 4.69) is 15.3 Å². The monoisotopic (exact) mass is 291 g/mol. The van der Waals surface area contributed by atoms with Gasteiger partial charge < -0.3 is 10.4 Å². The Morgan fingerprint density at radius 3 is 2.65 bits per heavy atom. The van der Waals surface area contributed by atoms with Crippen LogP contribution in [0.4, 0.5) is 5.69 Å². The van der Waals surface area contributed by atoms with E-state index in [1.807, 2.05) is 0 Å². The highest BCUT2D eigenvalue weighted by Crippen LogP contribution is 2.16. The minimum Gasteiger partial charge on any atom is -0.478 e. The number of halogens is 1. The predicted octanol–water partition coefficient (Wildman–Crippen LogP) is 2.39.